The maximum Gasteiger partial charge on any atom is 0.0640 e. The van der Waals surface area contributed by atoms with Crippen molar-refractivity contribution in [3.05, 3.63) is 182 Å². The summed E-state index contributed by atoms with van der Waals surface area (Å²) in [7, 11) is 0. The van der Waals surface area contributed by atoms with Crippen molar-refractivity contribution in [2.45, 2.75) is 0 Å². The molecule has 0 amide bonds. The van der Waals surface area contributed by atoms with Crippen LogP contribution in [-0.2, 0) is 0 Å². The van der Waals surface area contributed by atoms with Gasteiger partial charge in [0.05, 0.1) is 22.1 Å². The standard InChI is InChI=1S/C48H30N2S/c1-3-14-31(15-4-1)32-16-13-19-35(28-32)50-42-24-11-8-21-37(42)46-39(30-45-47(48(46)50)38-22-9-12-25-44(38)51-45)33-26-27-43-40(29-33)36-20-7-10-23-41(36)49(43)34-17-5-2-6-18-34/h1-30H. The highest BCUT2D eigenvalue weighted by Crippen LogP contribution is 2.48. The fourth-order valence-electron chi connectivity index (χ4n) is 8.31. The smallest absolute Gasteiger partial charge is 0.0640 e. The molecule has 8 aromatic carbocycles. The molecule has 51 heavy (non-hydrogen) atoms. The number of benzene rings is 8. The number of thiophene rings is 1. The van der Waals surface area contributed by atoms with Gasteiger partial charge >= 0.3 is 0 Å². The molecule has 2 nitrogen and oxygen atoms in total. The normalized spacial score (nSPS) is 11.9. The molecule has 0 bridgehead atoms. The van der Waals surface area contributed by atoms with E-state index < -0.39 is 0 Å². The van der Waals surface area contributed by atoms with Crippen LogP contribution in [0, 0.1) is 0 Å². The lowest BCUT2D eigenvalue weighted by Crippen LogP contribution is -1.95. The fraction of sp³-hybridized carbons (Fsp3) is 0. The Labute approximate surface area is 298 Å². The molecule has 0 fully saturated rings. The van der Waals surface area contributed by atoms with Crippen LogP contribution < -0.4 is 0 Å². The third-order valence-corrected chi connectivity index (χ3v) is 11.6. The van der Waals surface area contributed by atoms with Gasteiger partial charge in [0.25, 0.3) is 0 Å². The minimum absolute atomic E-state index is 1.16. The summed E-state index contributed by atoms with van der Waals surface area (Å²) in [6, 6.07) is 66.6. The van der Waals surface area contributed by atoms with E-state index >= 15 is 0 Å². The van der Waals surface area contributed by atoms with Gasteiger partial charge in [0, 0.05) is 53.1 Å². The lowest BCUT2D eigenvalue weighted by atomic mass is 9.96. The molecule has 3 aromatic heterocycles. The fourth-order valence-corrected chi connectivity index (χ4v) is 9.46. The van der Waals surface area contributed by atoms with E-state index in [1.165, 1.54) is 91.7 Å². The van der Waals surface area contributed by atoms with Gasteiger partial charge in [-0.25, -0.2) is 0 Å². The van der Waals surface area contributed by atoms with Crippen molar-refractivity contribution >= 4 is 75.1 Å². The van der Waals surface area contributed by atoms with Gasteiger partial charge in [0.2, 0.25) is 0 Å². The van der Waals surface area contributed by atoms with E-state index in [-0.39, 0.29) is 0 Å². The molecule has 0 saturated heterocycles. The lowest BCUT2D eigenvalue weighted by molar-refractivity contribution is 1.18. The van der Waals surface area contributed by atoms with E-state index in [0.717, 1.165) is 5.69 Å². The van der Waals surface area contributed by atoms with Gasteiger partial charge in [0.15, 0.2) is 0 Å². The summed E-state index contributed by atoms with van der Waals surface area (Å²) in [6.07, 6.45) is 0. The molecule has 3 heterocycles. The highest BCUT2D eigenvalue weighted by atomic mass is 32.1. The number of hydrogen-bond acceptors (Lipinski definition) is 1. The molecule has 11 rings (SSSR count). The maximum atomic E-state index is 2.52. The van der Waals surface area contributed by atoms with Gasteiger partial charge in [-0.3, -0.25) is 0 Å². The summed E-state index contributed by atoms with van der Waals surface area (Å²) < 4.78 is 7.52. The molecule has 0 unspecified atom stereocenters. The molecule has 0 saturated carbocycles. The van der Waals surface area contributed by atoms with Crippen LogP contribution in [0.15, 0.2) is 182 Å². The predicted molar refractivity (Wildman–Crippen MR) is 219 cm³/mol. The summed E-state index contributed by atoms with van der Waals surface area (Å²) in [5.74, 6) is 0. The second kappa shape index (κ2) is 11.0. The van der Waals surface area contributed by atoms with E-state index in [1.54, 1.807) is 0 Å². The summed E-state index contributed by atoms with van der Waals surface area (Å²) in [4.78, 5) is 0. The first-order chi connectivity index (χ1) is 25.3. The Morgan fingerprint density at radius 3 is 1.78 bits per heavy atom. The number of nitrogens with zero attached hydrogens (tertiary/aromatic N) is 2. The predicted octanol–water partition coefficient (Wildman–Crippen LogP) is 13.6. The van der Waals surface area contributed by atoms with Gasteiger partial charge in [-0.1, -0.05) is 121 Å². The molecule has 0 aliphatic rings. The topological polar surface area (TPSA) is 9.86 Å². The van der Waals surface area contributed by atoms with Crippen molar-refractivity contribution in [1.82, 2.24) is 9.13 Å². The molecule has 0 atom stereocenters. The molecule has 3 heteroatoms. The van der Waals surface area contributed by atoms with Gasteiger partial charge in [0.1, 0.15) is 0 Å². The van der Waals surface area contributed by atoms with Gasteiger partial charge in [-0.15, -0.1) is 11.3 Å². The minimum atomic E-state index is 1.16. The molecule has 238 valence electrons. The summed E-state index contributed by atoms with van der Waals surface area (Å²) in [6.45, 7) is 0. The summed E-state index contributed by atoms with van der Waals surface area (Å²) in [5.41, 5.74) is 12.2. The zero-order valence-electron chi connectivity index (χ0n) is 27.6. The third kappa shape index (κ3) is 4.22. The van der Waals surface area contributed by atoms with Crippen molar-refractivity contribution in [1.29, 1.82) is 0 Å². The highest BCUT2D eigenvalue weighted by molar-refractivity contribution is 7.26. The Kier molecular flexibility index (Phi) is 6.16. The minimum Gasteiger partial charge on any atom is -0.309 e. The van der Waals surface area contributed by atoms with Crippen LogP contribution in [0.4, 0.5) is 0 Å². The Morgan fingerprint density at radius 1 is 0.333 bits per heavy atom. The Morgan fingerprint density at radius 2 is 0.961 bits per heavy atom. The molecule has 0 aliphatic carbocycles. The number of aromatic nitrogens is 2. The molecule has 0 spiro atoms. The van der Waals surface area contributed by atoms with Crippen LogP contribution in [0.25, 0.3) is 97.4 Å². The SMILES string of the molecule is c1ccc(-c2cccc(-n3c4ccccc4c4c(-c5ccc6c(c5)c5ccccc5n6-c5ccccc5)cc5sc6ccccc6c5c43)c2)cc1. The maximum absolute atomic E-state index is 2.52. The molecule has 0 N–H and O–H groups in total. The molecular weight excluding hydrogens is 637 g/mol. The molecule has 0 radical (unpaired) electrons. The zero-order valence-corrected chi connectivity index (χ0v) is 28.4. The first-order valence-electron chi connectivity index (χ1n) is 17.4. The quantitative estimate of drug-likeness (QED) is 0.177. The van der Waals surface area contributed by atoms with Gasteiger partial charge in [-0.2, -0.15) is 0 Å². The van der Waals surface area contributed by atoms with Crippen LogP contribution in [0.5, 0.6) is 0 Å². The lowest BCUT2D eigenvalue weighted by Gasteiger charge is -2.13. The highest BCUT2D eigenvalue weighted by Gasteiger charge is 2.23. The molecule has 11 aromatic rings. The van der Waals surface area contributed by atoms with Crippen molar-refractivity contribution in [2.75, 3.05) is 0 Å². The van der Waals surface area contributed by atoms with E-state index in [0.29, 0.717) is 0 Å². The van der Waals surface area contributed by atoms with Crippen LogP contribution >= 0.6 is 11.3 Å². The van der Waals surface area contributed by atoms with Crippen molar-refractivity contribution in [3.8, 4) is 33.6 Å². The third-order valence-electron chi connectivity index (χ3n) is 10.5. The Balaban J connectivity index is 1.27. The second-order valence-electron chi connectivity index (χ2n) is 13.3. The first kappa shape index (κ1) is 28.4. The average molecular weight is 667 g/mol. The number of hydrogen-bond donors (Lipinski definition) is 0. The van der Waals surface area contributed by atoms with Crippen LogP contribution in [0.2, 0.25) is 0 Å². The van der Waals surface area contributed by atoms with Crippen molar-refractivity contribution in [3.63, 3.8) is 0 Å². The molecule has 0 aliphatic heterocycles. The van der Waals surface area contributed by atoms with E-state index in [1.807, 2.05) is 11.3 Å². The van der Waals surface area contributed by atoms with E-state index in [2.05, 4.69) is 191 Å². The molecular formula is C48H30N2S. The Hall–Kier alpha value is -6.42. The van der Waals surface area contributed by atoms with Gasteiger partial charge < -0.3 is 9.13 Å². The van der Waals surface area contributed by atoms with E-state index in [9.17, 15) is 0 Å². The van der Waals surface area contributed by atoms with Crippen molar-refractivity contribution < 1.29 is 0 Å². The average Bonchev–Trinajstić information content (AvgIpc) is 3.86. The van der Waals surface area contributed by atoms with Crippen LogP contribution in [0.1, 0.15) is 0 Å². The monoisotopic (exact) mass is 666 g/mol. The largest absolute Gasteiger partial charge is 0.309 e. The summed E-state index contributed by atoms with van der Waals surface area (Å²) in [5, 5.41) is 7.69. The zero-order chi connectivity index (χ0) is 33.5. The number of rotatable bonds is 4. The van der Waals surface area contributed by atoms with Crippen LogP contribution in [-0.4, -0.2) is 9.13 Å². The van der Waals surface area contributed by atoms with Crippen molar-refractivity contribution in [2.24, 2.45) is 0 Å². The van der Waals surface area contributed by atoms with E-state index in [4.69, 9.17) is 0 Å². The van der Waals surface area contributed by atoms with Crippen LogP contribution in [0.3, 0.4) is 0 Å². The number of para-hydroxylation sites is 3. The Bertz CT molecular complexity index is 3130. The van der Waals surface area contributed by atoms with Gasteiger partial charge in [-0.05, 0) is 82.9 Å². The summed E-state index contributed by atoms with van der Waals surface area (Å²) >= 11 is 1.89. The number of fused-ring (bicyclic) bond motifs is 10. The first-order valence-corrected chi connectivity index (χ1v) is 18.3. The second-order valence-corrected chi connectivity index (χ2v) is 14.4.